The number of thioether (sulfide) groups is 1. The molecule has 0 aliphatic carbocycles. The quantitative estimate of drug-likeness (QED) is 0.561. The maximum atomic E-state index is 8.94. The standard InChI is InChI=1S/C11H12N2S/c1-8(2)7-14-11-10(6-12)9(3)4-5-13-11/h4-5H,1,7H2,2-3H3. The van der Waals surface area contributed by atoms with Crippen molar-refractivity contribution in [2.75, 3.05) is 5.75 Å². The number of hydrogen-bond acceptors (Lipinski definition) is 3. The molecule has 0 N–H and O–H groups in total. The minimum absolute atomic E-state index is 0.679. The van der Waals surface area contributed by atoms with Gasteiger partial charge in [-0.15, -0.1) is 11.8 Å². The van der Waals surface area contributed by atoms with Gasteiger partial charge in [-0.25, -0.2) is 4.98 Å². The summed E-state index contributed by atoms with van der Waals surface area (Å²) in [7, 11) is 0. The molecule has 0 saturated carbocycles. The highest BCUT2D eigenvalue weighted by Gasteiger charge is 2.06. The summed E-state index contributed by atoms with van der Waals surface area (Å²) >= 11 is 1.56. The molecule has 0 aromatic carbocycles. The highest BCUT2D eigenvalue weighted by Crippen LogP contribution is 2.23. The molecule has 0 amide bonds. The van der Waals surface area contributed by atoms with Crippen molar-refractivity contribution in [1.29, 1.82) is 5.26 Å². The summed E-state index contributed by atoms with van der Waals surface area (Å²) in [6.07, 6.45) is 1.73. The third-order valence-corrected chi connectivity index (χ3v) is 2.91. The van der Waals surface area contributed by atoms with Crippen LogP contribution in [0.1, 0.15) is 18.1 Å². The molecule has 0 aliphatic heterocycles. The molecule has 1 aromatic heterocycles. The zero-order valence-corrected chi connectivity index (χ0v) is 9.19. The Hall–Kier alpha value is -1.27. The van der Waals surface area contributed by atoms with Crippen LogP contribution in [0.4, 0.5) is 0 Å². The lowest BCUT2D eigenvalue weighted by Gasteiger charge is -2.04. The molecule has 2 nitrogen and oxygen atoms in total. The molecule has 0 fully saturated rings. The van der Waals surface area contributed by atoms with Gasteiger partial charge in [-0.1, -0.05) is 12.2 Å². The highest BCUT2D eigenvalue weighted by atomic mass is 32.2. The van der Waals surface area contributed by atoms with E-state index in [1.807, 2.05) is 19.9 Å². The molecular formula is C11H12N2S. The lowest BCUT2D eigenvalue weighted by molar-refractivity contribution is 1.09. The van der Waals surface area contributed by atoms with Gasteiger partial charge in [-0.2, -0.15) is 5.26 Å². The fourth-order valence-corrected chi connectivity index (χ4v) is 1.84. The van der Waals surface area contributed by atoms with Crippen LogP contribution in [0.2, 0.25) is 0 Å². The van der Waals surface area contributed by atoms with Crippen LogP contribution in [-0.4, -0.2) is 10.7 Å². The Labute approximate surface area is 88.7 Å². The van der Waals surface area contributed by atoms with Crippen molar-refractivity contribution in [2.24, 2.45) is 0 Å². The van der Waals surface area contributed by atoms with E-state index in [2.05, 4.69) is 17.6 Å². The second-order valence-electron chi connectivity index (χ2n) is 3.17. The fourth-order valence-electron chi connectivity index (χ4n) is 0.970. The Bertz CT molecular complexity index is 391. The molecule has 0 aliphatic rings. The van der Waals surface area contributed by atoms with Gasteiger partial charge in [-0.3, -0.25) is 0 Å². The fraction of sp³-hybridized carbons (Fsp3) is 0.273. The van der Waals surface area contributed by atoms with E-state index >= 15 is 0 Å². The Morgan fingerprint density at radius 3 is 3.00 bits per heavy atom. The average Bonchev–Trinajstić information content (AvgIpc) is 2.14. The first-order valence-corrected chi connectivity index (χ1v) is 5.26. The second-order valence-corrected chi connectivity index (χ2v) is 4.13. The summed E-state index contributed by atoms with van der Waals surface area (Å²) in [5, 5.41) is 9.74. The van der Waals surface area contributed by atoms with Crippen LogP contribution in [0.3, 0.4) is 0 Å². The Morgan fingerprint density at radius 2 is 2.43 bits per heavy atom. The highest BCUT2D eigenvalue weighted by molar-refractivity contribution is 7.99. The molecule has 0 saturated heterocycles. The molecule has 14 heavy (non-hydrogen) atoms. The van der Waals surface area contributed by atoms with E-state index in [0.29, 0.717) is 5.56 Å². The van der Waals surface area contributed by atoms with Crippen LogP contribution in [0.25, 0.3) is 0 Å². The monoisotopic (exact) mass is 204 g/mol. The Morgan fingerprint density at radius 1 is 1.71 bits per heavy atom. The van der Waals surface area contributed by atoms with Crippen molar-refractivity contribution < 1.29 is 0 Å². The number of nitrogens with zero attached hydrogens (tertiary/aromatic N) is 2. The molecule has 0 atom stereocenters. The van der Waals surface area contributed by atoms with Gasteiger partial charge in [0.05, 0.1) is 5.56 Å². The summed E-state index contributed by atoms with van der Waals surface area (Å²) in [6, 6.07) is 4.03. The van der Waals surface area contributed by atoms with E-state index in [0.717, 1.165) is 21.9 Å². The molecule has 0 spiro atoms. The van der Waals surface area contributed by atoms with Crippen molar-refractivity contribution in [3.63, 3.8) is 0 Å². The van der Waals surface area contributed by atoms with E-state index in [1.54, 1.807) is 18.0 Å². The van der Waals surface area contributed by atoms with Gasteiger partial charge in [0.25, 0.3) is 0 Å². The van der Waals surface area contributed by atoms with E-state index in [1.165, 1.54) is 0 Å². The number of pyridine rings is 1. The Balaban J connectivity index is 2.92. The molecule has 72 valence electrons. The summed E-state index contributed by atoms with van der Waals surface area (Å²) < 4.78 is 0. The first-order valence-electron chi connectivity index (χ1n) is 4.28. The number of aryl methyl sites for hydroxylation is 1. The molecule has 3 heteroatoms. The molecule has 1 aromatic rings. The largest absolute Gasteiger partial charge is 0.249 e. The van der Waals surface area contributed by atoms with Crippen LogP contribution < -0.4 is 0 Å². The van der Waals surface area contributed by atoms with E-state index < -0.39 is 0 Å². The zero-order chi connectivity index (χ0) is 10.6. The van der Waals surface area contributed by atoms with Gasteiger partial charge in [0.15, 0.2) is 0 Å². The summed E-state index contributed by atoms with van der Waals surface area (Å²) in [5.41, 5.74) is 2.74. The molecular weight excluding hydrogens is 192 g/mol. The minimum atomic E-state index is 0.679. The second kappa shape index (κ2) is 4.83. The van der Waals surface area contributed by atoms with E-state index in [-0.39, 0.29) is 0 Å². The lowest BCUT2D eigenvalue weighted by atomic mass is 10.2. The number of rotatable bonds is 3. The van der Waals surface area contributed by atoms with Crippen LogP contribution in [-0.2, 0) is 0 Å². The van der Waals surface area contributed by atoms with Gasteiger partial charge < -0.3 is 0 Å². The van der Waals surface area contributed by atoms with Gasteiger partial charge in [0.1, 0.15) is 11.1 Å². The molecule has 0 bridgehead atoms. The third kappa shape index (κ3) is 2.61. The predicted octanol–water partition coefficient (Wildman–Crippen LogP) is 2.93. The van der Waals surface area contributed by atoms with Crippen molar-refractivity contribution >= 4 is 11.8 Å². The Kier molecular flexibility index (Phi) is 3.73. The van der Waals surface area contributed by atoms with Gasteiger partial charge in [0.2, 0.25) is 0 Å². The number of hydrogen-bond donors (Lipinski definition) is 0. The first kappa shape index (κ1) is 10.8. The van der Waals surface area contributed by atoms with Crippen LogP contribution >= 0.6 is 11.8 Å². The molecule has 1 rings (SSSR count). The average molecular weight is 204 g/mol. The first-order chi connectivity index (χ1) is 6.65. The zero-order valence-electron chi connectivity index (χ0n) is 8.37. The molecule has 0 radical (unpaired) electrons. The lowest BCUT2D eigenvalue weighted by Crippen LogP contribution is -1.91. The maximum Gasteiger partial charge on any atom is 0.114 e. The smallest absolute Gasteiger partial charge is 0.114 e. The van der Waals surface area contributed by atoms with Crippen LogP contribution in [0.15, 0.2) is 29.4 Å². The topological polar surface area (TPSA) is 36.7 Å². The van der Waals surface area contributed by atoms with Crippen molar-refractivity contribution in [3.8, 4) is 6.07 Å². The van der Waals surface area contributed by atoms with Gasteiger partial charge >= 0.3 is 0 Å². The van der Waals surface area contributed by atoms with E-state index in [4.69, 9.17) is 5.26 Å². The van der Waals surface area contributed by atoms with Crippen molar-refractivity contribution in [1.82, 2.24) is 4.98 Å². The van der Waals surface area contributed by atoms with E-state index in [9.17, 15) is 0 Å². The normalized spacial score (nSPS) is 9.50. The summed E-state index contributed by atoms with van der Waals surface area (Å²) in [6.45, 7) is 7.71. The SMILES string of the molecule is C=C(C)CSc1nccc(C)c1C#N. The third-order valence-electron chi connectivity index (χ3n) is 1.69. The number of aromatic nitrogens is 1. The summed E-state index contributed by atoms with van der Waals surface area (Å²) in [5.74, 6) is 0.811. The van der Waals surface area contributed by atoms with Gasteiger partial charge in [0, 0.05) is 11.9 Å². The predicted molar refractivity (Wildman–Crippen MR) is 59.2 cm³/mol. The summed E-state index contributed by atoms with van der Waals surface area (Å²) in [4.78, 5) is 4.18. The van der Waals surface area contributed by atoms with Crippen molar-refractivity contribution in [2.45, 2.75) is 18.9 Å². The van der Waals surface area contributed by atoms with Crippen LogP contribution in [0, 0.1) is 18.3 Å². The molecule has 1 heterocycles. The van der Waals surface area contributed by atoms with Crippen molar-refractivity contribution in [3.05, 3.63) is 35.5 Å². The van der Waals surface area contributed by atoms with Crippen LogP contribution in [0.5, 0.6) is 0 Å². The van der Waals surface area contributed by atoms with Gasteiger partial charge in [-0.05, 0) is 25.5 Å². The maximum absolute atomic E-state index is 8.94. The minimum Gasteiger partial charge on any atom is -0.249 e. The number of nitriles is 1. The molecule has 0 unspecified atom stereocenters.